The van der Waals surface area contributed by atoms with Gasteiger partial charge in [-0.15, -0.1) is 10.2 Å². The van der Waals surface area contributed by atoms with E-state index in [1.165, 1.54) is 4.57 Å². The molecule has 39 heavy (non-hydrogen) atoms. The number of unbranched alkanes of at least 4 members (excludes halogenated alkanes) is 1. The van der Waals surface area contributed by atoms with Gasteiger partial charge >= 0.3 is 0 Å². The van der Waals surface area contributed by atoms with E-state index in [9.17, 15) is 9.90 Å². The van der Waals surface area contributed by atoms with Crippen LogP contribution in [0.15, 0.2) is 56.2 Å². The lowest BCUT2D eigenvalue weighted by atomic mass is 10.2. The highest BCUT2D eigenvalue weighted by Gasteiger charge is 2.27. The highest BCUT2D eigenvalue weighted by Crippen LogP contribution is 2.38. The Morgan fingerprint density at radius 3 is 2.44 bits per heavy atom. The molecule has 11 nitrogen and oxygen atoms in total. The van der Waals surface area contributed by atoms with Crippen LogP contribution in [0.3, 0.4) is 0 Å². The van der Waals surface area contributed by atoms with E-state index in [0.29, 0.717) is 53.9 Å². The molecule has 0 aliphatic heterocycles. The predicted molar refractivity (Wildman–Crippen MR) is 143 cm³/mol. The van der Waals surface area contributed by atoms with Crippen LogP contribution in [0, 0.1) is 0 Å². The molecule has 11 heteroatoms. The molecule has 0 fully saturated rings. The molecule has 0 radical (unpaired) electrons. The van der Waals surface area contributed by atoms with Crippen LogP contribution in [0.4, 0.5) is 0 Å². The van der Waals surface area contributed by atoms with Crippen molar-refractivity contribution >= 4 is 11.0 Å². The maximum Gasteiger partial charge on any atom is 0.289 e. The Hall–Kier alpha value is -4.67. The molecule has 0 bridgehead atoms. The fourth-order valence-electron chi connectivity index (χ4n) is 4.38. The standard InChI is InChI=1S/C28H29N5O6/c1-4-7-15-22-29-26(34)24(28(35)33(22)25-20(36-5-2)13-10-14-21(25)37-6-3)27-31-30-23(38-27)16-18-17-11-8-9-12-19(17)39-32-18/h8-14,35H,4-7,15-16H2,1-3H3. The second-order valence-electron chi connectivity index (χ2n) is 8.74. The summed E-state index contributed by atoms with van der Waals surface area (Å²) in [5, 5.41) is 24.7. The summed E-state index contributed by atoms with van der Waals surface area (Å²) in [4.78, 5) is 17.6. The highest BCUT2D eigenvalue weighted by atomic mass is 16.5. The van der Waals surface area contributed by atoms with Crippen molar-refractivity contribution < 1.29 is 23.5 Å². The first-order chi connectivity index (χ1) is 19.0. The molecule has 0 unspecified atom stereocenters. The molecule has 3 heterocycles. The first-order valence-corrected chi connectivity index (χ1v) is 13.0. The van der Waals surface area contributed by atoms with E-state index in [0.717, 1.165) is 18.2 Å². The quantitative estimate of drug-likeness (QED) is 0.251. The molecule has 1 N–H and O–H groups in total. The number of fused-ring (bicyclic) bond motifs is 1. The van der Waals surface area contributed by atoms with Crippen LogP contribution in [0.2, 0.25) is 0 Å². The monoisotopic (exact) mass is 531 g/mol. The van der Waals surface area contributed by atoms with Gasteiger partial charge in [0, 0.05) is 11.8 Å². The van der Waals surface area contributed by atoms with Crippen LogP contribution in [0.25, 0.3) is 28.1 Å². The zero-order chi connectivity index (χ0) is 27.4. The van der Waals surface area contributed by atoms with E-state index >= 15 is 0 Å². The van der Waals surface area contributed by atoms with Gasteiger partial charge < -0.3 is 23.5 Å². The van der Waals surface area contributed by atoms with E-state index in [1.807, 2.05) is 45.0 Å². The van der Waals surface area contributed by atoms with Crippen molar-refractivity contribution in [1.82, 2.24) is 24.9 Å². The summed E-state index contributed by atoms with van der Waals surface area (Å²) in [6, 6.07) is 12.8. The number of rotatable bonds is 11. The number of hydrogen-bond acceptors (Lipinski definition) is 10. The number of para-hydroxylation sites is 2. The summed E-state index contributed by atoms with van der Waals surface area (Å²) in [5.74, 6) is 0.958. The van der Waals surface area contributed by atoms with Crippen LogP contribution in [0.1, 0.15) is 51.0 Å². The minimum atomic E-state index is -0.677. The molecule has 202 valence electrons. The molecule has 2 aromatic carbocycles. The third kappa shape index (κ3) is 5.07. The first kappa shape index (κ1) is 26.0. The molecule has 0 saturated heterocycles. The first-order valence-electron chi connectivity index (χ1n) is 13.0. The van der Waals surface area contributed by atoms with E-state index in [-0.39, 0.29) is 23.8 Å². The number of aromatic hydroxyl groups is 1. The molecule has 5 aromatic rings. The number of ether oxygens (including phenoxy) is 2. The van der Waals surface area contributed by atoms with Crippen molar-refractivity contribution in [2.24, 2.45) is 0 Å². The van der Waals surface area contributed by atoms with Crippen molar-refractivity contribution in [2.75, 3.05) is 13.2 Å². The smallest absolute Gasteiger partial charge is 0.289 e. The van der Waals surface area contributed by atoms with Gasteiger partial charge in [-0.25, -0.2) is 0 Å². The van der Waals surface area contributed by atoms with Crippen LogP contribution in [0.5, 0.6) is 17.4 Å². The molecule has 0 aliphatic rings. The SMILES string of the molecule is CCCCc1nc(=O)c(-c2nnc(Cc3noc4ccccc34)o2)c(O)n1-c1c(OCC)cccc1OCC. The molecular weight excluding hydrogens is 502 g/mol. The summed E-state index contributed by atoms with van der Waals surface area (Å²) in [7, 11) is 0. The molecule has 0 amide bonds. The molecule has 5 rings (SSSR count). The van der Waals surface area contributed by atoms with Gasteiger partial charge in [-0.3, -0.25) is 9.36 Å². The van der Waals surface area contributed by atoms with E-state index in [4.69, 9.17) is 18.4 Å². The van der Waals surface area contributed by atoms with Gasteiger partial charge in [-0.1, -0.05) is 36.7 Å². The van der Waals surface area contributed by atoms with Crippen molar-refractivity contribution in [3.63, 3.8) is 0 Å². The van der Waals surface area contributed by atoms with Crippen molar-refractivity contribution in [3.05, 3.63) is 70.2 Å². The Morgan fingerprint density at radius 2 is 1.72 bits per heavy atom. The average Bonchev–Trinajstić information content (AvgIpc) is 3.56. The number of hydrogen-bond donors (Lipinski definition) is 1. The van der Waals surface area contributed by atoms with Crippen LogP contribution in [-0.4, -0.2) is 43.2 Å². The highest BCUT2D eigenvalue weighted by molar-refractivity contribution is 5.79. The average molecular weight is 532 g/mol. The fraction of sp³-hybridized carbons (Fsp3) is 0.321. The Morgan fingerprint density at radius 1 is 0.974 bits per heavy atom. The van der Waals surface area contributed by atoms with E-state index in [2.05, 4.69) is 20.3 Å². The zero-order valence-corrected chi connectivity index (χ0v) is 22.0. The Kier molecular flexibility index (Phi) is 7.57. The number of aromatic nitrogens is 5. The molecule has 3 aromatic heterocycles. The lowest BCUT2D eigenvalue weighted by molar-refractivity contribution is 0.317. The normalized spacial score (nSPS) is 11.3. The predicted octanol–water partition coefficient (Wildman–Crippen LogP) is 4.86. The third-order valence-electron chi connectivity index (χ3n) is 6.13. The topological polar surface area (TPSA) is 139 Å². The summed E-state index contributed by atoms with van der Waals surface area (Å²) in [5.41, 5.74) is 0.795. The van der Waals surface area contributed by atoms with Gasteiger partial charge in [0.05, 0.1) is 19.6 Å². The van der Waals surface area contributed by atoms with E-state index in [1.54, 1.807) is 18.2 Å². The molecule has 0 aliphatic carbocycles. The number of nitrogens with zero attached hydrogens (tertiary/aromatic N) is 5. The zero-order valence-electron chi connectivity index (χ0n) is 22.0. The number of aryl methyl sites for hydroxylation is 1. The van der Waals surface area contributed by atoms with Crippen molar-refractivity contribution in [1.29, 1.82) is 0 Å². The second-order valence-corrected chi connectivity index (χ2v) is 8.74. The van der Waals surface area contributed by atoms with Crippen LogP contribution >= 0.6 is 0 Å². The molecule has 0 spiro atoms. The Bertz CT molecular complexity index is 1630. The minimum Gasteiger partial charge on any atom is -0.493 e. The maximum absolute atomic E-state index is 13.2. The lowest BCUT2D eigenvalue weighted by Gasteiger charge is -2.21. The van der Waals surface area contributed by atoms with E-state index < -0.39 is 11.4 Å². The van der Waals surface area contributed by atoms with Gasteiger partial charge in [-0.2, -0.15) is 4.98 Å². The van der Waals surface area contributed by atoms with Crippen LogP contribution in [-0.2, 0) is 12.8 Å². The van der Waals surface area contributed by atoms with Crippen molar-refractivity contribution in [3.8, 4) is 34.5 Å². The summed E-state index contributed by atoms with van der Waals surface area (Å²) >= 11 is 0. The molecular formula is C28H29N5O6. The number of benzene rings is 2. The van der Waals surface area contributed by atoms with Gasteiger partial charge in [0.2, 0.25) is 11.8 Å². The summed E-state index contributed by atoms with van der Waals surface area (Å²) in [6.07, 6.45) is 2.25. The second kappa shape index (κ2) is 11.4. The summed E-state index contributed by atoms with van der Waals surface area (Å²) < 4.78 is 24.4. The molecule has 0 saturated carbocycles. The van der Waals surface area contributed by atoms with Gasteiger partial charge in [-0.05, 0) is 44.5 Å². The third-order valence-corrected chi connectivity index (χ3v) is 6.13. The van der Waals surface area contributed by atoms with Crippen molar-refractivity contribution in [2.45, 2.75) is 46.5 Å². The molecule has 0 atom stereocenters. The maximum atomic E-state index is 13.2. The largest absolute Gasteiger partial charge is 0.493 e. The van der Waals surface area contributed by atoms with Gasteiger partial charge in [0.15, 0.2) is 11.1 Å². The Balaban J connectivity index is 1.63. The van der Waals surface area contributed by atoms with Gasteiger partial charge in [0.1, 0.15) is 28.7 Å². The lowest BCUT2D eigenvalue weighted by Crippen LogP contribution is -2.21. The van der Waals surface area contributed by atoms with Crippen LogP contribution < -0.4 is 15.0 Å². The van der Waals surface area contributed by atoms with Gasteiger partial charge in [0.25, 0.3) is 11.4 Å². The fourth-order valence-corrected chi connectivity index (χ4v) is 4.38. The summed E-state index contributed by atoms with van der Waals surface area (Å²) in [6.45, 7) is 6.54. The Labute approximate surface area is 224 Å². The minimum absolute atomic E-state index is 0.157.